The summed E-state index contributed by atoms with van der Waals surface area (Å²) in [7, 11) is 0. The fourth-order valence-electron chi connectivity index (χ4n) is 4.62. The molecule has 178 valence electrons. The van der Waals surface area contributed by atoms with Crippen molar-refractivity contribution in [3.63, 3.8) is 0 Å². The van der Waals surface area contributed by atoms with Gasteiger partial charge in [0.05, 0.1) is 23.6 Å². The standard InChI is InChI=1S/C27H21FN2O.C4H10/c1-27(28)17-30(23-13-7-6-12-22(23)29-18-9-3-2-4-10-18)25-21(27)16-15-20-19-11-5-8-14-24(19)31-26(20)25;1-3-4-2/h2-16,29H,17H2,1H3;3-4H2,1-2H3. The molecular weight excluding hydrogens is 435 g/mol. The van der Waals surface area contributed by atoms with Gasteiger partial charge in [-0.05, 0) is 43.3 Å². The molecule has 1 aliphatic rings. The molecule has 0 spiro atoms. The van der Waals surface area contributed by atoms with Crippen LogP contribution in [0.4, 0.5) is 27.1 Å². The molecule has 1 aromatic heterocycles. The number of anilines is 4. The van der Waals surface area contributed by atoms with Gasteiger partial charge >= 0.3 is 0 Å². The van der Waals surface area contributed by atoms with Crippen molar-refractivity contribution in [2.75, 3.05) is 16.8 Å². The molecule has 1 atom stereocenters. The average Bonchev–Trinajstić information content (AvgIpc) is 3.40. The van der Waals surface area contributed by atoms with E-state index in [1.54, 1.807) is 6.92 Å². The molecule has 0 aliphatic carbocycles. The third-order valence-corrected chi connectivity index (χ3v) is 6.55. The first-order valence-electron chi connectivity index (χ1n) is 12.4. The van der Waals surface area contributed by atoms with E-state index in [9.17, 15) is 0 Å². The lowest BCUT2D eigenvalue weighted by Gasteiger charge is -2.24. The Morgan fingerprint density at radius 1 is 0.829 bits per heavy atom. The Balaban J connectivity index is 0.000000591. The molecule has 3 nitrogen and oxygen atoms in total. The zero-order valence-electron chi connectivity index (χ0n) is 20.5. The molecule has 0 radical (unpaired) electrons. The van der Waals surface area contributed by atoms with Gasteiger partial charge < -0.3 is 14.6 Å². The van der Waals surface area contributed by atoms with Gasteiger partial charge in [0, 0.05) is 22.0 Å². The van der Waals surface area contributed by atoms with E-state index < -0.39 is 5.67 Å². The third-order valence-electron chi connectivity index (χ3n) is 6.55. The van der Waals surface area contributed by atoms with Crippen molar-refractivity contribution < 1.29 is 8.81 Å². The lowest BCUT2D eigenvalue weighted by molar-refractivity contribution is 0.217. The van der Waals surface area contributed by atoms with Crippen LogP contribution in [0.1, 0.15) is 39.2 Å². The molecule has 5 aromatic rings. The Kier molecular flexibility index (Phi) is 6.21. The second-order valence-corrected chi connectivity index (χ2v) is 9.23. The highest BCUT2D eigenvalue weighted by Gasteiger charge is 2.42. The third kappa shape index (κ3) is 4.25. The van der Waals surface area contributed by atoms with Crippen molar-refractivity contribution in [3.05, 3.63) is 96.6 Å². The van der Waals surface area contributed by atoms with Crippen LogP contribution in [0.15, 0.2) is 95.4 Å². The van der Waals surface area contributed by atoms with Crippen LogP contribution < -0.4 is 10.2 Å². The first-order valence-corrected chi connectivity index (χ1v) is 12.4. The van der Waals surface area contributed by atoms with Gasteiger partial charge in [0.1, 0.15) is 5.58 Å². The quantitative estimate of drug-likeness (QED) is 0.286. The summed E-state index contributed by atoms with van der Waals surface area (Å²) in [6.45, 7) is 6.24. The monoisotopic (exact) mass is 466 g/mol. The lowest BCUT2D eigenvalue weighted by Crippen LogP contribution is -2.24. The van der Waals surface area contributed by atoms with Crippen molar-refractivity contribution >= 4 is 44.7 Å². The van der Waals surface area contributed by atoms with Crippen LogP contribution >= 0.6 is 0 Å². The van der Waals surface area contributed by atoms with Crippen molar-refractivity contribution in [2.24, 2.45) is 0 Å². The summed E-state index contributed by atoms with van der Waals surface area (Å²) < 4.78 is 22.0. The Labute approximate surface area is 206 Å². The van der Waals surface area contributed by atoms with Gasteiger partial charge in [-0.3, -0.25) is 0 Å². The number of hydrogen-bond acceptors (Lipinski definition) is 3. The Morgan fingerprint density at radius 3 is 2.29 bits per heavy atom. The highest BCUT2D eigenvalue weighted by Crippen LogP contribution is 2.51. The smallest absolute Gasteiger partial charge is 0.159 e. The molecule has 4 aromatic carbocycles. The number of alkyl halides is 1. The number of hydrogen-bond donors (Lipinski definition) is 1. The first-order chi connectivity index (χ1) is 17.0. The molecule has 1 unspecified atom stereocenters. The number of furan rings is 1. The Bertz CT molecular complexity index is 1450. The van der Waals surface area contributed by atoms with E-state index in [2.05, 4.69) is 19.2 Å². The number of para-hydroxylation sites is 4. The van der Waals surface area contributed by atoms with Crippen molar-refractivity contribution in [1.29, 1.82) is 0 Å². The second kappa shape index (κ2) is 9.46. The van der Waals surface area contributed by atoms with Crippen LogP contribution in [0.3, 0.4) is 0 Å². The number of halogens is 1. The van der Waals surface area contributed by atoms with E-state index in [4.69, 9.17) is 4.42 Å². The maximum absolute atomic E-state index is 15.8. The maximum atomic E-state index is 15.8. The minimum absolute atomic E-state index is 0.228. The fourth-order valence-corrected chi connectivity index (χ4v) is 4.62. The predicted octanol–water partition coefficient (Wildman–Crippen LogP) is 9.47. The SMILES string of the molecule is CC1(F)CN(c2ccccc2Nc2ccccc2)c2c1ccc1c2oc2ccccc21.CCCC. The highest BCUT2D eigenvalue weighted by molar-refractivity contribution is 6.11. The molecule has 2 heterocycles. The minimum Gasteiger partial charge on any atom is -0.454 e. The van der Waals surface area contributed by atoms with E-state index in [-0.39, 0.29) is 6.54 Å². The molecule has 0 saturated heterocycles. The van der Waals surface area contributed by atoms with Crippen LogP contribution in [-0.4, -0.2) is 6.54 Å². The van der Waals surface area contributed by atoms with Crippen LogP contribution in [0, 0.1) is 0 Å². The van der Waals surface area contributed by atoms with Gasteiger partial charge in [0.2, 0.25) is 0 Å². The molecule has 0 bridgehead atoms. The van der Waals surface area contributed by atoms with Crippen LogP contribution in [0.5, 0.6) is 0 Å². The molecular formula is C31H31FN2O. The average molecular weight is 467 g/mol. The Morgan fingerprint density at radius 2 is 1.51 bits per heavy atom. The fraction of sp³-hybridized carbons (Fsp3) is 0.226. The number of benzene rings is 4. The molecule has 0 saturated carbocycles. The van der Waals surface area contributed by atoms with E-state index in [1.165, 1.54) is 12.8 Å². The lowest BCUT2D eigenvalue weighted by atomic mass is 9.99. The molecule has 35 heavy (non-hydrogen) atoms. The van der Waals surface area contributed by atoms with Gasteiger partial charge in [-0.1, -0.05) is 81.3 Å². The minimum atomic E-state index is -1.48. The zero-order valence-corrected chi connectivity index (χ0v) is 20.5. The molecule has 6 rings (SSSR count). The maximum Gasteiger partial charge on any atom is 0.159 e. The van der Waals surface area contributed by atoms with Crippen LogP contribution in [0.2, 0.25) is 0 Å². The van der Waals surface area contributed by atoms with Crippen LogP contribution in [-0.2, 0) is 5.67 Å². The molecule has 4 heteroatoms. The topological polar surface area (TPSA) is 28.4 Å². The van der Waals surface area contributed by atoms with Crippen molar-refractivity contribution in [3.8, 4) is 0 Å². The number of nitrogens with one attached hydrogen (secondary N) is 1. The van der Waals surface area contributed by atoms with Gasteiger partial charge in [0.25, 0.3) is 0 Å². The largest absolute Gasteiger partial charge is 0.454 e. The van der Waals surface area contributed by atoms with Crippen LogP contribution in [0.25, 0.3) is 21.9 Å². The van der Waals surface area contributed by atoms with Gasteiger partial charge in [-0.25, -0.2) is 4.39 Å². The molecule has 0 fully saturated rings. The molecule has 1 aliphatic heterocycles. The Hall–Kier alpha value is -3.79. The first kappa shape index (κ1) is 23.0. The summed E-state index contributed by atoms with van der Waals surface area (Å²) in [4.78, 5) is 2.05. The number of unbranched alkanes of at least 4 members (excludes halogenated alkanes) is 1. The van der Waals surface area contributed by atoms with E-state index in [0.29, 0.717) is 5.56 Å². The number of rotatable bonds is 4. The zero-order chi connectivity index (χ0) is 24.4. The molecule has 1 N–H and O–H groups in total. The summed E-state index contributed by atoms with van der Waals surface area (Å²) in [6.07, 6.45) is 2.64. The number of nitrogens with zero attached hydrogens (tertiary/aromatic N) is 1. The second-order valence-electron chi connectivity index (χ2n) is 9.23. The highest BCUT2D eigenvalue weighted by atomic mass is 19.1. The van der Waals surface area contributed by atoms with Gasteiger partial charge in [-0.2, -0.15) is 0 Å². The normalized spacial score (nSPS) is 16.7. The summed E-state index contributed by atoms with van der Waals surface area (Å²) in [5.41, 5.74) is 4.35. The van der Waals surface area contributed by atoms with Gasteiger partial charge in [-0.15, -0.1) is 0 Å². The summed E-state index contributed by atoms with van der Waals surface area (Å²) in [5.74, 6) is 0. The predicted molar refractivity (Wildman–Crippen MR) is 146 cm³/mol. The molecule has 0 amide bonds. The van der Waals surface area contributed by atoms with Crippen molar-refractivity contribution in [1.82, 2.24) is 0 Å². The summed E-state index contributed by atoms with van der Waals surface area (Å²) in [6, 6.07) is 29.9. The van der Waals surface area contributed by atoms with E-state index in [0.717, 1.165) is 44.7 Å². The van der Waals surface area contributed by atoms with E-state index in [1.807, 2.05) is 95.9 Å². The van der Waals surface area contributed by atoms with Gasteiger partial charge in [0.15, 0.2) is 11.3 Å². The van der Waals surface area contributed by atoms with E-state index >= 15 is 4.39 Å². The van der Waals surface area contributed by atoms with Crippen molar-refractivity contribution in [2.45, 2.75) is 39.3 Å². The number of fused-ring (bicyclic) bond motifs is 5. The summed E-state index contributed by atoms with van der Waals surface area (Å²) in [5, 5.41) is 5.54. The summed E-state index contributed by atoms with van der Waals surface area (Å²) >= 11 is 0.